The molecular weight excluding hydrogens is 398 g/mol. The number of benzene rings is 2. The van der Waals surface area contributed by atoms with E-state index in [1.807, 2.05) is 44.2 Å². The zero-order valence-corrected chi connectivity index (χ0v) is 18.7. The number of carbonyl (C=O) groups is 1. The molecule has 0 aliphatic heterocycles. The van der Waals surface area contributed by atoms with Crippen LogP contribution < -0.4 is 14.8 Å². The van der Waals surface area contributed by atoms with Gasteiger partial charge in [0.15, 0.2) is 5.82 Å². The van der Waals surface area contributed by atoms with Crippen LogP contribution in [-0.2, 0) is 6.42 Å². The van der Waals surface area contributed by atoms with Crippen LogP contribution in [0, 0.1) is 12.8 Å². The predicted molar refractivity (Wildman–Crippen MR) is 119 cm³/mol. The fourth-order valence-electron chi connectivity index (χ4n) is 2.72. The highest BCUT2D eigenvalue weighted by atomic mass is 32.1. The number of nitrogens with one attached hydrogen (secondary N) is 1. The van der Waals surface area contributed by atoms with Crippen molar-refractivity contribution in [1.29, 1.82) is 0 Å². The quantitative estimate of drug-likeness (QED) is 0.549. The van der Waals surface area contributed by atoms with Gasteiger partial charge in [-0.05, 0) is 55.2 Å². The first-order valence-electron chi connectivity index (χ1n) is 9.90. The van der Waals surface area contributed by atoms with Gasteiger partial charge < -0.3 is 14.8 Å². The average molecular weight is 426 g/mol. The summed E-state index contributed by atoms with van der Waals surface area (Å²) in [4.78, 5) is 17.0. The van der Waals surface area contributed by atoms with E-state index < -0.39 is 0 Å². The Morgan fingerprint density at radius 3 is 2.70 bits per heavy atom. The Morgan fingerprint density at radius 1 is 1.17 bits per heavy atom. The lowest BCUT2D eigenvalue weighted by Gasteiger charge is -2.17. The molecule has 30 heavy (non-hydrogen) atoms. The molecule has 0 saturated heterocycles. The van der Waals surface area contributed by atoms with Crippen molar-refractivity contribution in [3.05, 3.63) is 65.0 Å². The van der Waals surface area contributed by atoms with Gasteiger partial charge in [-0.1, -0.05) is 32.0 Å². The normalized spacial score (nSPS) is 11.9. The molecule has 0 saturated carbocycles. The van der Waals surface area contributed by atoms with E-state index >= 15 is 0 Å². The van der Waals surface area contributed by atoms with Crippen LogP contribution in [0.1, 0.15) is 48.1 Å². The molecule has 1 heterocycles. The second-order valence-corrected chi connectivity index (χ2v) is 8.31. The first-order valence-corrected chi connectivity index (χ1v) is 10.7. The van der Waals surface area contributed by atoms with Crippen molar-refractivity contribution in [2.24, 2.45) is 5.92 Å². The predicted octanol–water partition coefficient (Wildman–Crippen LogP) is 5.01. The van der Waals surface area contributed by atoms with Crippen molar-refractivity contribution >= 4 is 17.4 Å². The lowest BCUT2D eigenvalue weighted by Crippen LogP contribution is -2.36. The number of amides is 1. The highest BCUT2D eigenvalue weighted by Crippen LogP contribution is 2.28. The molecule has 3 rings (SSSR count). The number of carbonyl (C=O) groups excluding carboxylic acids is 1. The molecule has 1 N–H and O–H groups in total. The lowest BCUT2D eigenvalue weighted by atomic mass is 10.1. The molecule has 2 aromatic carbocycles. The van der Waals surface area contributed by atoms with Gasteiger partial charge in [-0.3, -0.25) is 4.79 Å². The summed E-state index contributed by atoms with van der Waals surface area (Å²) in [5.41, 5.74) is 2.55. The van der Waals surface area contributed by atoms with Crippen molar-refractivity contribution < 1.29 is 14.3 Å². The molecule has 158 valence electrons. The average Bonchev–Trinajstić information content (AvgIpc) is 3.16. The third kappa shape index (κ3) is 5.57. The summed E-state index contributed by atoms with van der Waals surface area (Å²) in [6, 6.07) is 13.3. The van der Waals surface area contributed by atoms with E-state index in [4.69, 9.17) is 9.47 Å². The van der Waals surface area contributed by atoms with Gasteiger partial charge in [0.25, 0.3) is 11.1 Å². The van der Waals surface area contributed by atoms with E-state index in [0.29, 0.717) is 34.7 Å². The number of aromatic nitrogens is 2. The van der Waals surface area contributed by atoms with Crippen LogP contribution in [0.5, 0.6) is 16.7 Å². The summed E-state index contributed by atoms with van der Waals surface area (Å²) in [7, 11) is 1.65. The Labute approximate surface area is 181 Å². The third-order valence-electron chi connectivity index (χ3n) is 4.95. The van der Waals surface area contributed by atoms with E-state index in [2.05, 4.69) is 28.5 Å². The summed E-state index contributed by atoms with van der Waals surface area (Å²) in [6.07, 6.45) is 0.589. The minimum Gasteiger partial charge on any atom is -0.497 e. The van der Waals surface area contributed by atoms with Gasteiger partial charge in [-0.15, -0.1) is 0 Å². The molecule has 0 fully saturated rings. The van der Waals surface area contributed by atoms with Crippen molar-refractivity contribution in [3.63, 3.8) is 0 Å². The van der Waals surface area contributed by atoms with E-state index in [1.54, 1.807) is 19.2 Å². The fourth-order valence-corrected chi connectivity index (χ4v) is 3.28. The largest absolute Gasteiger partial charge is 0.497 e. The van der Waals surface area contributed by atoms with Crippen LogP contribution >= 0.6 is 11.5 Å². The van der Waals surface area contributed by atoms with Gasteiger partial charge in [0.1, 0.15) is 11.5 Å². The molecule has 3 aromatic rings. The Hall–Kier alpha value is -2.93. The SMILES string of the molecule is COc1cccc(Cc2nsc(Oc3cc(C(=O)N[C@H](C)C(C)C)ccc3C)n2)c1. The molecule has 0 spiro atoms. The van der Waals surface area contributed by atoms with E-state index in [-0.39, 0.29) is 11.9 Å². The summed E-state index contributed by atoms with van der Waals surface area (Å²) < 4.78 is 15.6. The van der Waals surface area contributed by atoms with Crippen molar-refractivity contribution in [2.75, 3.05) is 7.11 Å². The maximum atomic E-state index is 12.5. The van der Waals surface area contributed by atoms with Gasteiger partial charge in [-0.2, -0.15) is 9.36 Å². The van der Waals surface area contributed by atoms with Crippen LogP contribution in [-0.4, -0.2) is 28.4 Å². The number of methoxy groups -OCH3 is 1. The fraction of sp³-hybridized carbons (Fsp3) is 0.348. The number of hydrogen-bond acceptors (Lipinski definition) is 6. The van der Waals surface area contributed by atoms with Gasteiger partial charge in [0.05, 0.1) is 7.11 Å². The number of hydrogen-bond donors (Lipinski definition) is 1. The third-order valence-corrected chi connectivity index (χ3v) is 5.59. The Balaban J connectivity index is 1.71. The van der Waals surface area contributed by atoms with Crippen molar-refractivity contribution in [3.8, 4) is 16.7 Å². The zero-order valence-electron chi connectivity index (χ0n) is 17.9. The summed E-state index contributed by atoms with van der Waals surface area (Å²) in [6.45, 7) is 8.09. The highest BCUT2D eigenvalue weighted by molar-refractivity contribution is 7.07. The highest BCUT2D eigenvalue weighted by Gasteiger charge is 2.15. The van der Waals surface area contributed by atoms with Gasteiger partial charge in [0.2, 0.25) is 0 Å². The van der Waals surface area contributed by atoms with E-state index in [9.17, 15) is 4.79 Å². The minimum atomic E-state index is -0.114. The molecule has 1 atom stereocenters. The molecule has 0 unspecified atom stereocenters. The standard InChI is InChI=1S/C23H27N3O3S/c1-14(2)16(4)24-22(27)18-10-9-15(3)20(13-18)29-23-25-21(26-30-23)12-17-7-6-8-19(11-17)28-5/h6-11,13-14,16H,12H2,1-5H3,(H,24,27)/t16-/m1/s1. The first kappa shape index (κ1) is 21.8. The van der Waals surface area contributed by atoms with Crippen molar-refractivity contribution in [2.45, 2.75) is 40.2 Å². The second-order valence-electron chi connectivity index (χ2n) is 7.59. The molecule has 0 aliphatic rings. The molecule has 7 heteroatoms. The van der Waals surface area contributed by atoms with Crippen molar-refractivity contribution in [1.82, 2.24) is 14.7 Å². The number of ether oxygens (including phenoxy) is 2. The van der Waals surface area contributed by atoms with Gasteiger partial charge in [-0.25, -0.2) is 0 Å². The van der Waals surface area contributed by atoms with E-state index in [1.165, 1.54) is 11.5 Å². The van der Waals surface area contributed by atoms with E-state index in [0.717, 1.165) is 16.9 Å². The monoisotopic (exact) mass is 425 g/mol. The second kappa shape index (κ2) is 9.71. The maximum absolute atomic E-state index is 12.5. The maximum Gasteiger partial charge on any atom is 0.298 e. The minimum absolute atomic E-state index is 0.0884. The first-order chi connectivity index (χ1) is 14.4. The van der Waals surface area contributed by atoms with Crippen LogP contribution in [0.15, 0.2) is 42.5 Å². The summed E-state index contributed by atoms with van der Waals surface area (Å²) in [5, 5.41) is 3.47. The lowest BCUT2D eigenvalue weighted by molar-refractivity contribution is 0.0930. The Morgan fingerprint density at radius 2 is 1.97 bits per heavy atom. The summed E-state index contributed by atoms with van der Waals surface area (Å²) >= 11 is 1.20. The zero-order chi connectivity index (χ0) is 21.7. The van der Waals surface area contributed by atoms with Gasteiger partial charge >= 0.3 is 0 Å². The Kier molecular flexibility index (Phi) is 7.05. The van der Waals surface area contributed by atoms with Crippen LogP contribution in [0.3, 0.4) is 0 Å². The number of nitrogens with zero attached hydrogens (tertiary/aromatic N) is 2. The molecule has 0 aliphatic carbocycles. The Bertz CT molecular complexity index is 1020. The van der Waals surface area contributed by atoms with Gasteiger partial charge in [0, 0.05) is 29.6 Å². The van der Waals surface area contributed by atoms with Crippen LogP contribution in [0.25, 0.3) is 0 Å². The molecule has 6 nitrogen and oxygen atoms in total. The topological polar surface area (TPSA) is 73.3 Å². The molecule has 1 amide bonds. The number of aryl methyl sites for hydroxylation is 1. The van der Waals surface area contributed by atoms with Crippen LogP contribution in [0.2, 0.25) is 0 Å². The number of rotatable bonds is 8. The molecule has 1 aromatic heterocycles. The summed E-state index contributed by atoms with van der Waals surface area (Å²) in [5.74, 6) is 2.33. The molecule has 0 radical (unpaired) electrons. The molecule has 0 bridgehead atoms. The smallest absolute Gasteiger partial charge is 0.298 e. The molecular formula is C23H27N3O3S. The van der Waals surface area contributed by atoms with Crippen LogP contribution in [0.4, 0.5) is 0 Å².